The first-order valence-electron chi connectivity index (χ1n) is 13.7. The Morgan fingerprint density at radius 2 is 1.78 bits per heavy atom. The van der Waals surface area contributed by atoms with Gasteiger partial charge in [0.25, 0.3) is 0 Å². The van der Waals surface area contributed by atoms with E-state index in [-0.39, 0.29) is 6.10 Å². The zero-order valence-corrected chi connectivity index (χ0v) is 23.9. The second-order valence-electron chi connectivity index (χ2n) is 9.99. The van der Waals surface area contributed by atoms with E-state index in [1.807, 2.05) is 26.0 Å². The second kappa shape index (κ2) is 15.0. The minimum absolute atomic E-state index is 0.120. The number of rotatable bonds is 6. The number of carboxylic acids is 1. The lowest BCUT2D eigenvalue weighted by Crippen LogP contribution is -2.60. The minimum atomic E-state index is -5.08. The van der Waals surface area contributed by atoms with Crippen LogP contribution in [0.25, 0.3) is 0 Å². The molecular weight excluding hydrogens is 570 g/mol. The highest BCUT2D eigenvalue weighted by molar-refractivity contribution is 6.30. The van der Waals surface area contributed by atoms with E-state index < -0.39 is 18.3 Å². The lowest BCUT2D eigenvalue weighted by Gasteiger charge is -2.48. The van der Waals surface area contributed by atoms with Crippen molar-refractivity contribution in [3.63, 3.8) is 0 Å². The smallest absolute Gasteiger partial charge is 0.475 e. The largest absolute Gasteiger partial charge is 0.490 e. The molecule has 2 atom stereocenters. The summed E-state index contributed by atoms with van der Waals surface area (Å²) in [5.41, 5.74) is 6.96. The van der Waals surface area contributed by atoms with Crippen LogP contribution in [0.5, 0.6) is 0 Å². The van der Waals surface area contributed by atoms with Gasteiger partial charge in [-0.1, -0.05) is 37.6 Å². The highest BCUT2D eigenvalue weighted by atomic mass is 35.5. The van der Waals surface area contributed by atoms with E-state index in [9.17, 15) is 17.6 Å². The molecule has 0 spiro atoms. The number of benzene rings is 1. The van der Waals surface area contributed by atoms with Crippen LogP contribution in [0.15, 0.2) is 24.3 Å². The molecule has 3 aliphatic heterocycles. The van der Waals surface area contributed by atoms with Gasteiger partial charge in [-0.05, 0) is 37.0 Å². The van der Waals surface area contributed by atoms with Gasteiger partial charge in [0.05, 0.1) is 12.7 Å². The number of anilines is 2. The standard InChI is InChI=1S/C22H31ClFN7O.C2HF3O2.C2H6/c23-16-3-1-15(2-4-16)9-19-14-32-20(12-29-10-17(24)11-29)13-31(19)18-5-7-30(8-6-18)22-26-21(25)27-28-22;3-2(4,5)1(6)7;1-2/h1-4,17-20H,5-14H2,(H3,25,26,27,28);(H,6,7);1-2H3. The predicted octanol–water partition coefficient (Wildman–Crippen LogP) is 3.63. The van der Waals surface area contributed by atoms with Crippen molar-refractivity contribution in [2.45, 2.75) is 63.6 Å². The molecule has 3 saturated heterocycles. The zero-order valence-electron chi connectivity index (χ0n) is 23.2. The monoisotopic (exact) mass is 607 g/mol. The third kappa shape index (κ3) is 9.69. The molecule has 0 bridgehead atoms. The molecule has 1 aromatic heterocycles. The number of H-pyrrole nitrogens is 1. The predicted molar refractivity (Wildman–Crippen MR) is 148 cm³/mol. The number of alkyl halides is 4. The highest BCUT2D eigenvalue weighted by Crippen LogP contribution is 2.27. The van der Waals surface area contributed by atoms with Crippen molar-refractivity contribution in [1.82, 2.24) is 25.0 Å². The van der Waals surface area contributed by atoms with Crippen LogP contribution in [0, 0.1) is 0 Å². The molecule has 3 aliphatic rings. The number of aromatic amines is 1. The van der Waals surface area contributed by atoms with Crippen LogP contribution < -0.4 is 10.6 Å². The van der Waals surface area contributed by atoms with Crippen molar-refractivity contribution in [2.75, 3.05) is 56.5 Å². The number of nitrogens with two attached hydrogens (primary N) is 1. The van der Waals surface area contributed by atoms with Crippen molar-refractivity contribution >= 4 is 29.5 Å². The van der Waals surface area contributed by atoms with E-state index in [2.05, 4.69) is 42.0 Å². The molecule has 10 nitrogen and oxygen atoms in total. The van der Waals surface area contributed by atoms with Crippen LogP contribution in [-0.4, -0.2) is 112 Å². The molecule has 4 heterocycles. The Balaban J connectivity index is 0.000000452. The van der Waals surface area contributed by atoms with Crippen LogP contribution in [0.2, 0.25) is 5.02 Å². The number of carbonyl (C=O) groups is 1. The number of aromatic nitrogens is 3. The van der Waals surface area contributed by atoms with Crippen LogP contribution >= 0.6 is 11.6 Å². The first-order chi connectivity index (χ1) is 19.5. The van der Waals surface area contributed by atoms with E-state index in [1.165, 1.54) is 5.56 Å². The SMILES string of the molecule is CC.Nc1nc(N2CCC(N3CC(CN4CC(F)C4)OCC3Cc3ccc(Cl)cc3)CC2)n[nH]1.O=C(O)C(F)(F)F. The van der Waals surface area contributed by atoms with Crippen LogP contribution in [-0.2, 0) is 16.0 Å². The first-order valence-corrected chi connectivity index (χ1v) is 14.1. The van der Waals surface area contributed by atoms with Gasteiger partial charge in [0, 0.05) is 56.4 Å². The van der Waals surface area contributed by atoms with Gasteiger partial charge >= 0.3 is 12.1 Å². The number of likely N-dealkylation sites (tertiary alicyclic amines) is 1. The van der Waals surface area contributed by atoms with E-state index >= 15 is 0 Å². The Morgan fingerprint density at radius 3 is 2.29 bits per heavy atom. The molecule has 230 valence electrons. The van der Waals surface area contributed by atoms with Crippen molar-refractivity contribution in [3.8, 4) is 0 Å². The lowest BCUT2D eigenvalue weighted by molar-refractivity contribution is -0.192. The maximum Gasteiger partial charge on any atom is 0.490 e. The molecule has 0 amide bonds. The maximum atomic E-state index is 13.3. The topological polar surface area (TPSA) is 124 Å². The third-order valence-corrected chi connectivity index (χ3v) is 7.37. The average molecular weight is 608 g/mol. The number of ether oxygens (including phenoxy) is 1. The summed E-state index contributed by atoms with van der Waals surface area (Å²) in [6, 6.07) is 8.89. The summed E-state index contributed by atoms with van der Waals surface area (Å²) in [7, 11) is 0. The number of nitrogens with one attached hydrogen (secondary N) is 1. The number of piperidine rings is 1. The molecule has 1 aromatic carbocycles. The van der Waals surface area contributed by atoms with Gasteiger partial charge in [-0.15, -0.1) is 5.10 Å². The molecular formula is C26H38ClF4N7O3. The summed E-state index contributed by atoms with van der Waals surface area (Å²) in [6.45, 7) is 9.24. The molecule has 41 heavy (non-hydrogen) atoms. The maximum absolute atomic E-state index is 13.3. The molecule has 0 radical (unpaired) electrons. The molecule has 4 N–H and O–H groups in total. The van der Waals surface area contributed by atoms with Crippen LogP contribution in [0.1, 0.15) is 32.3 Å². The Kier molecular flexibility index (Phi) is 12.0. The van der Waals surface area contributed by atoms with Gasteiger partial charge in [-0.3, -0.25) is 9.80 Å². The number of halogens is 5. The number of aliphatic carboxylic acids is 1. The zero-order chi connectivity index (χ0) is 30.2. The molecule has 15 heteroatoms. The quantitative estimate of drug-likeness (QED) is 0.422. The summed E-state index contributed by atoms with van der Waals surface area (Å²) >= 11 is 6.08. The van der Waals surface area contributed by atoms with E-state index in [4.69, 9.17) is 32.0 Å². The van der Waals surface area contributed by atoms with Gasteiger partial charge in [0.2, 0.25) is 11.9 Å². The van der Waals surface area contributed by atoms with Crippen molar-refractivity contribution in [2.24, 2.45) is 0 Å². The molecule has 5 rings (SSSR count). The lowest BCUT2D eigenvalue weighted by atomic mass is 9.96. The number of hydrogen-bond acceptors (Lipinski definition) is 8. The second-order valence-corrected chi connectivity index (χ2v) is 10.4. The fourth-order valence-electron chi connectivity index (χ4n) is 5.15. The Bertz CT molecular complexity index is 1080. The summed E-state index contributed by atoms with van der Waals surface area (Å²) in [6.07, 6.45) is -2.64. The van der Waals surface area contributed by atoms with Gasteiger partial charge < -0.3 is 20.5 Å². The Hall–Kier alpha value is -2.68. The van der Waals surface area contributed by atoms with Crippen LogP contribution in [0.3, 0.4) is 0 Å². The van der Waals surface area contributed by atoms with Gasteiger partial charge in [0.1, 0.15) is 6.17 Å². The van der Waals surface area contributed by atoms with Crippen LogP contribution in [0.4, 0.5) is 29.5 Å². The molecule has 0 saturated carbocycles. The highest BCUT2D eigenvalue weighted by Gasteiger charge is 2.39. The summed E-state index contributed by atoms with van der Waals surface area (Å²) < 4.78 is 51.3. The summed E-state index contributed by atoms with van der Waals surface area (Å²) in [4.78, 5) is 20.2. The Morgan fingerprint density at radius 1 is 1.17 bits per heavy atom. The van der Waals surface area contributed by atoms with E-state index in [0.29, 0.717) is 43.7 Å². The number of nitrogens with zero attached hydrogens (tertiary/aromatic N) is 5. The van der Waals surface area contributed by atoms with E-state index in [1.54, 1.807) is 0 Å². The molecule has 0 aliphatic carbocycles. The molecule has 2 aromatic rings. The normalized spacial score (nSPS) is 22.7. The Labute approximate surface area is 241 Å². The summed E-state index contributed by atoms with van der Waals surface area (Å²) in [5, 5.41) is 14.8. The fraction of sp³-hybridized carbons (Fsp3) is 0.654. The van der Waals surface area contributed by atoms with Crippen molar-refractivity contribution in [3.05, 3.63) is 34.9 Å². The van der Waals surface area contributed by atoms with Gasteiger partial charge in [-0.25, -0.2) is 14.3 Å². The first kappa shape index (κ1) is 32.8. The van der Waals surface area contributed by atoms with Crippen molar-refractivity contribution < 1.29 is 32.2 Å². The fourth-order valence-corrected chi connectivity index (χ4v) is 5.28. The third-order valence-electron chi connectivity index (χ3n) is 7.12. The molecule has 2 unspecified atom stereocenters. The van der Waals surface area contributed by atoms with Gasteiger partial charge in [0.15, 0.2) is 0 Å². The minimum Gasteiger partial charge on any atom is -0.475 e. The number of nitrogen functional groups attached to an aromatic ring is 1. The number of morpholine rings is 1. The average Bonchev–Trinajstić information content (AvgIpc) is 3.37. The number of hydrogen-bond donors (Lipinski definition) is 3. The van der Waals surface area contributed by atoms with E-state index in [0.717, 1.165) is 50.5 Å². The van der Waals surface area contributed by atoms with Crippen molar-refractivity contribution in [1.29, 1.82) is 0 Å². The van der Waals surface area contributed by atoms with Gasteiger partial charge in [-0.2, -0.15) is 18.2 Å². The number of carboxylic acid groups (broad SMARTS) is 1. The summed E-state index contributed by atoms with van der Waals surface area (Å²) in [5.74, 6) is -1.73. The molecule has 3 fully saturated rings.